The number of oxazole rings is 1. The van der Waals surface area contributed by atoms with Gasteiger partial charge in [-0.1, -0.05) is 0 Å². The van der Waals surface area contributed by atoms with Crippen molar-refractivity contribution in [3.8, 4) is 0 Å². The van der Waals surface area contributed by atoms with Crippen LogP contribution in [0.4, 0.5) is 8.78 Å². The second-order valence-electron chi connectivity index (χ2n) is 2.05. The number of hydrogen-bond donors (Lipinski definition) is 1. The average Bonchev–Trinajstić information content (AvgIpc) is 2.34. The fourth-order valence-corrected chi connectivity index (χ4v) is 0.659. The standard InChI is InChI=1S/C6H5F2NO3/c7-5(8)6-9-3(2-12-6)1-4(10)11/h2,5H,1H2,(H,10,11). The molecule has 12 heavy (non-hydrogen) atoms. The Morgan fingerprint density at radius 3 is 2.83 bits per heavy atom. The monoisotopic (exact) mass is 177 g/mol. The van der Waals surface area contributed by atoms with Gasteiger partial charge in [0.2, 0.25) is 0 Å². The van der Waals surface area contributed by atoms with Gasteiger partial charge in [0.15, 0.2) is 0 Å². The van der Waals surface area contributed by atoms with Gasteiger partial charge < -0.3 is 9.52 Å². The second-order valence-corrected chi connectivity index (χ2v) is 2.05. The number of aliphatic carboxylic acids is 1. The maximum Gasteiger partial charge on any atom is 0.313 e. The molecule has 0 saturated carbocycles. The number of aromatic nitrogens is 1. The fourth-order valence-electron chi connectivity index (χ4n) is 0.659. The van der Waals surface area contributed by atoms with E-state index in [1.54, 1.807) is 0 Å². The molecule has 0 saturated heterocycles. The summed E-state index contributed by atoms with van der Waals surface area (Å²) in [6.45, 7) is 0. The Labute approximate surface area is 65.8 Å². The predicted molar refractivity (Wildman–Crippen MR) is 32.8 cm³/mol. The summed E-state index contributed by atoms with van der Waals surface area (Å²) >= 11 is 0. The van der Waals surface area contributed by atoms with Crippen LogP contribution in [-0.4, -0.2) is 16.1 Å². The minimum Gasteiger partial charge on any atom is -0.481 e. The molecular formula is C6H5F2NO3. The highest BCUT2D eigenvalue weighted by molar-refractivity contribution is 5.69. The molecule has 1 aromatic rings. The van der Waals surface area contributed by atoms with Gasteiger partial charge in [0, 0.05) is 0 Å². The largest absolute Gasteiger partial charge is 0.481 e. The van der Waals surface area contributed by atoms with Gasteiger partial charge >= 0.3 is 12.4 Å². The molecule has 0 unspecified atom stereocenters. The molecule has 1 N–H and O–H groups in total. The van der Waals surface area contributed by atoms with Crippen molar-refractivity contribution in [2.75, 3.05) is 0 Å². The van der Waals surface area contributed by atoms with E-state index in [2.05, 4.69) is 9.40 Å². The van der Waals surface area contributed by atoms with Gasteiger partial charge in [-0.3, -0.25) is 4.79 Å². The third-order valence-electron chi connectivity index (χ3n) is 1.09. The highest BCUT2D eigenvalue weighted by atomic mass is 19.3. The lowest BCUT2D eigenvalue weighted by atomic mass is 10.3. The first-order valence-electron chi connectivity index (χ1n) is 3.04. The molecule has 1 aromatic heterocycles. The van der Waals surface area contributed by atoms with E-state index in [1.165, 1.54) is 0 Å². The van der Waals surface area contributed by atoms with Crippen LogP contribution in [0, 0.1) is 0 Å². The topological polar surface area (TPSA) is 63.3 Å². The molecule has 0 aliphatic rings. The van der Waals surface area contributed by atoms with Gasteiger partial charge in [0.25, 0.3) is 5.89 Å². The first-order chi connectivity index (χ1) is 5.59. The quantitative estimate of drug-likeness (QED) is 0.754. The summed E-state index contributed by atoms with van der Waals surface area (Å²) in [6.07, 6.45) is -2.29. The lowest BCUT2D eigenvalue weighted by Crippen LogP contribution is -2.00. The van der Waals surface area contributed by atoms with E-state index >= 15 is 0 Å². The molecule has 6 heteroatoms. The number of carbonyl (C=O) groups is 1. The number of carboxylic acids is 1. The van der Waals surface area contributed by atoms with E-state index in [4.69, 9.17) is 5.11 Å². The Morgan fingerprint density at radius 1 is 1.75 bits per heavy atom. The molecule has 4 nitrogen and oxygen atoms in total. The summed E-state index contributed by atoms with van der Waals surface area (Å²) in [5.41, 5.74) is -0.00204. The number of alkyl halides is 2. The van der Waals surface area contributed by atoms with Gasteiger partial charge in [0.1, 0.15) is 6.26 Å². The zero-order valence-electron chi connectivity index (χ0n) is 5.83. The van der Waals surface area contributed by atoms with Gasteiger partial charge in [-0.25, -0.2) is 4.98 Å². The number of nitrogens with zero attached hydrogens (tertiary/aromatic N) is 1. The second kappa shape index (κ2) is 3.29. The molecule has 0 amide bonds. The SMILES string of the molecule is O=C(O)Cc1coc(C(F)F)n1. The number of rotatable bonds is 3. The lowest BCUT2D eigenvalue weighted by Gasteiger charge is -1.87. The maximum atomic E-state index is 11.8. The molecular weight excluding hydrogens is 172 g/mol. The zero-order valence-corrected chi connectivity index (χ0v) is 5.83. The van der Waals surface area contributed by atoms with Crippen molar-refractivity contribution in [1.29, 1.82) is 0 Å². The van der Waals surface area contributed by atoms with E-state index in [1.807, 2.05) is 0 Å². The Bertz CT molecular complexity index is 284. The summed E-state index contributed by atoms with van der Waals surface area (Å²) in [4.78, 5) is 13.3. The molecule has 0 aliphatic heterocycles. The fraction of sp³-hybridized carbons (Fsp3) is 0.333. The Balaban J connectivity index is 2.70. The van der Waals surface area contributed by atoms with E-state index in [0.717, 1.165) is 6.26 Å². The number of halogens is 2. The summed E-state index contributed by atoms with van der Waals surface area (Å²) in [6, 6.07) is 0. The van der Waals surface area contributed by atoms with Crippen molar-refractivity contribution < 1.29 is 23.1 Å². The van der Waals surface area contributed by atoms with Crippen LogP contribution in [-0.2, 0) is 11.2 Å². The molecule has 66 valence electrons. The van der Waals surface area contributed by atoms with Crippen molar-refractivity contribution in [2.45, 2.75) is 12.8 Å². The molecule has 0 radical (unpaired) electrons. The number of carboxylic acid groups (broad SMARTS) is 1. The minimum atomic E-state index is -2.80. The molecule has 0 atom stereocenters. The van der Waals surface area contributed by atoms with Gasteiger partial charge in [0.05, 0.1) is 12.1 Å². The zero-order chi connectivity index (χ0) is 9.14. The summed E-state index contributed by atoms with van der Waals surface area (Å²) in [7, 11) is 0. The Hall–Kier alpha value is -1.46. The highest BCUT2D eigenvalue weighted by Gasteiger charge is 2.15. The van der Waals surface area contributed by atoms with Crippen molar-refractivity contribution in [1.82, 2.24) is 4.98 Å². The van der Waals surface area contributed by atoms with Gasteiger partial charge in [-0.15, -0.1) is 0 Å². The first kappa shape index (κ1) is 8.63. The Kier molecular flexibility index (Phi) is 2.37. The Morgan fingerprint density at radius 2 is 2.42 bits per heavy atom. The van der Waals surface area contributed by atoms with Crippen LogP contribution >= 0.6 is 0 Å². The normalized spacial score (nSPS) is 10.6. The molecule has 0 bridgehead atoms. The van der Waals surface area contributed by atoms with Crippen LogP contribution in [0.25, 0.3) is 0 Å². The summed E-state index contributed by atoms with van der Waals surface area (Å²) in [5, 5.41) is 8.25. The summed E-state index contributed by atoms with van der Waals surface area (Å²) < 4.78 is 27.9. The first-order valence-corrected chi connectivity index (χ1v) is 3.04. The van der Waals surface area contributed by atoms with Crippen LogP contribution < -0.4 is 0 Å². The van der Waals surface area contributed by atoms with Crippen LogP contribution in [0.5, 0.6) is 0 Å². The molecule has 0 spiro atoms. The highest BCUT2D eigenvalue weighted by Crippen LogP contribution is 2.17. The molecule has 0 fully saturated rings. The van der Waals surface area contributed by atoms with E-state index in [-0.39, 0.29) is 5.69 Å². The van der Waals surface area contributed by atoms with Crippen molar-refractivity contribution in [2.24, 2.45) is 0 Å². The maximum absolute atomic E-state index is 11.8. The van der Waals surface area contributed by atoms with Crippen LogP contribution in [0.15, 0.2) is 10.7 Å². The smallest absolute Gasteiger partial charge is 0.313 e. The molecule has 1 rings (SSSR count). The predicted octanol–water partition coefficient (Wildman–Crippen LogP) is 1.24. The van der Waals surface area contributed by atoms with Crippen molar-refractivity contribution in [3.63, 3.8) is 0 Å². The van der Waals surface area contributed by atoms with Crippen LogP contribution in [0.2, 0.25) is 0 Å². The molecule has 0 aliphatic carbocycles. The molecule has 1 heterocycles. The lowest BCUT2D eigenvalue weighted by molar-refractivity contribution is -0.136. The third-order valence-corrected chi connectivity index (χ3v) is 1.09. The van der Waals surface area contributed by atoms with Crippen molar-refractivity contribution >= 4 is 5.97 Å². The average molecular weight is 177 g/mol. The van der Waals surface area contributed by atoms with E-state index < -0.39 is 24.7 Å². The van der Waals surface area contributed by atoms with E-state index in [9.17, 15) is 13.6 Å². The summed E-state index contributed by atoms with van der Waals surface area (Å²) in [5.74, 6) is -1.88. The van der Waals surface area contributed by atoms with Gasteiger partial charge in [-0.2, -0.15) is 8.78 Å². The third kappa shape index (κ3) is 2.01. The van der Waals surface area contributed by atoms with E-state index in [0.29, 0.717) is 0 Å². The van der Waals surface area contributed by atoms with Gasteiger partial charge in [-0.05, 0) is 0 Å². The molecule has 0 aromatic carbocycles. The minimum absolute atomic E-state index is 0.00204. The van der Waals surface area contributed by atoms with Crippen LogP contribution in [0.3, 0.4) is 0 Å². The van der Waals surface area contributed by atoms with Crippen LogP contribution in [0.1, 0.15) is 18.0 Å². The number of hydrogen-bond acceptors (Lipinski definition) is 3. The van der Waals surface area contributed by atoms with Crippen molar-refractivity contribution in [3.05, 3.63) is 17.8 Å².